The van der Waals surface area contributed by atoms with Crippen molar-refractivity contribution in [3.8, 4) is 5.75 Å². The molecule has 2 atom stereocenters. The van der Waals surface area contributed by atoms with Crippen LogP contribution in [0.3, 0.4) is 0 Å². The highest BCUT2D eigenvalue weighted by atomic mass is 35.5. The van der Waals surface area contributed by atoms with Gasteiger partial charge in [-0.3, -0.25) is 24.5 Å². The number of benzene rings is 3. The predicted molar refractivity (Wildman–Crippen MR) is 153 cm³/mol. The maximum absolute atomic E-state index is 13.0. The summed E-state index contributed by atoms with van der Waals surface area (Å²) < 4.78 is 5.64. The Morgan fingerprint density at radius 1 is 1.05 bits per heavy atom. The third-order valence-corrected chi connectivity index (χ3v) is 7.39. The minimum Gasteiger partial charge on any atom is -0.492 e. The number of imide groups is 1. The van der Waals surface area contributed by atoms with E-state index in [1.165, 1.54) is 4.90 Å². The molecule has 4 amide bonds. The number of halogens is 1. The second-order valence-electron chi connectivity index (χ2n) is 9.74. The van der Waals surface area contributed by atoms with Crippen LogP contribution in [-0.2, 0) is 16.1 Å². The Kier molecular flexibility index (Phi) is 8.39. The summed E-state index contributed by atoms with van der Waals surface area (Å²) in [5, 5.41) is 13.6. The fourth-order valence-corrected chi connectivity index (χ4v) is 4.67. The normalized spacial score (nSPS) is 17.4. The summed E-state index contributed by atoms with van der Waals surface area (Å²) in [5.74, 6) is -0.780. The average Bonchev–Trinajstić information content (AvgIpc) is 3.32. The Morgan fingerprint density at radius 3 is 2.39 bits per heavy atom. The van der Waals surface area contributed by atoms with Gasteiger partial charge in [0.15, 0.2) is 0 Å². The van der Waals surface area contributed by atoms with E-state index in [-0.39, 0.29) is 42.5 Å². The summed E-state index contributed by atoms with van der Waals surface area (Å²) in [7, 11) is 0. The number of amides is 4. The third-order valence-electron chi connectivity index (χ3n) is 6.95. The maximum atomic E-state index is 13.0. The Hall–Kier alpha value is -4.57. The van der Waals surface area contributed by atoms with Crippen LogP contribution >= 0.6 is 11.6 Å². The zero-order valence-electron chi connectivity index (χ0n) is 22.3. The average molecular weight is 574 g/mol. The highest BCUT2D eigenvalue weighted by Crippen LogP contribution is 2.32. The van der Waals surface area contributed by atoms with Gasteiger partial charge < -0.3 is 15.0 Å². The monoisotopic (exact) mass is 573 g/mol. The largest absolute Gasteiger partial charge is 0.492 e. The fraction of sp³-hybridized carbons (Fsp3) is 0.267. The molecule has 0 aliphatic carbocycles. The van der Waals surface area contributed by atoms with E-state index >= 15 is 0 Å². The number of azo groups is 1. The van der Waals surface area contributed by atoms with Crippen molar-refractivity contribution in [2.75, 3.05) is 11.9 Å². The number of hydrogen-bond acceptors (Lipinski definition) is 7. The molecule has 2 aliphatic heterocycles. The smallest absolute Gasteiger partial charge is 0.255 e. The van der Waals surface area contributed by atoms with Gasteiger partial charge in [-0.1, -0.05) is 13.0 Å². The lowest BCUT2D eigenvalue weighted by Crippen LogP contribution is -2.52. The Balaban J connectivity index is 1.21. The second-order valence-corrected chi connectivity index (χ2v) is 10.4. The van der Waals surface area contributed by atoms with E-state index in [0.29, 0.717) is 46.1 Å². The van der Waals surface area contributed by atoms with Gasteiger partial charge in [-0.25, -0.2) is 0 Å². The molecule has 0 bridgehead atoms. The molecule has 210 valence electrons. The summed E-state index contributed by atoms with van der Waals surface area (Å²) >= 11 is 6.08. The quantitative estimate of drug-likeness (QED) is 0.198. The van der Waals surface area contributed by atoms with Gasteiger partial charge in [-0.2, -0.15) is 10.2 Å². The molecule has 2 heterocycles. The molecule has 0 spiro atoms. The topological polar surface area (TPSA) is 130 Å². The second kappa shape index (κ2) is 12.3. The third kappa shape index (κ3) is 6.44. The molecule has 41 heavy (non-hydrogen) atoms. The van der Waals surface area contributed by atoms with E-state index in [1.54, 1.807) is 66.7 Å². The van der Waals surface area contributed by atoms with E-state index in [9.17, 15) is 19.2 Å². The van der Waals surface area contributed by atoms with Crippen LogP contribution < -0.4 is 15.4 Å². The number of nitrogens with one attached hydrogen (secondary N) is 2. The molecule has 3 aromatic carbocycles. The summed E-state index contributed by atoms with van der Waals surface area (Å²) in [6.45, 7) is 2.60. The SMILES string of the molecule is CCC(Cl)COc1ccc(N=Nc2ccc(C(=O)Nc3cccc4c3CN(C3CCC(=O)NC3=O)C4=O)cc2)cc1. The lowest BCUT2D eigenvalue weighted by Gasteiger charge is -2.29. The number of carbonyl (C=O) groups excluding carboxylic acids is 4. The molecule has 0 saturated carbocycles. The van der Waals surface area contributed by atoms with Crippen LogP contribution in [0, 0.1) is 0 Å². The number of ether oxygens (including phenoxy) is 1. The van der Waals surface area contributed by atoms with E-state index in [4.69, 9.17) is 16.3 Å². The van der Waals surface area contributed by atoms with E-state index in [0.717, 1.165) is 6.42 Å². The molecular weight excluding hydrogens is 546 g/mol. The lowest BCUT2D eigenvalue weighted by atomic mass is 10.0. The van der Waals surface area contributed by atoms with Gasteiger partial charge in [-0.05, 0) is 73.5 Å². The lowest BCUT2D eigenvalue weighted by molar-refractivity contribution is -0.136. The number of piperidine rings is 1. The van der Waals surface area contributed by atoms with Crippen molar-refractivity contribution in [1.82, 2.24) is 10.2 Å². The molecule has 5 rings (SSSR count). The van der Waals surface area contributed by atoms with E-state index in [1.807, 2.05) is 6.92 Å². The molecule has 1 fully saturated rings. The number of anilines is 1. The van der Waals surface area contributed by atoms with Crippen LogP contribution in [0.4, 0.5) is 17.1 Å². The minimum absolute atomic E-state index is 0.0348. The van der Waals surface area contributed by atoms with Gasteiger partial charge in [-0.15, -0.1) is 11.6 Å². The van der Waals surface area contributed by atoms with Crippen molar-refractivity contribution in [1.29, 1.82) is 0 Å². The molecule has 0 aromatic heterocycles. The van der Waals surface area contributed by atoms with Gasteiger partial charge >= 0.3 is 0 Å². The number of carbonyl (C=O) groups is 4. The van der Waals surface area contributed by atoms with E-state index < -0.39 is 11.9 Å². The molecule has 2 aliphatic rings. The molecular formula is C30H28ClN5O5. The Bertz CT molecular complexity index is 1510. The van der Waals surface area contributed by atoms with Crippen LogP contribution in [0.5, 0.6) is 5.75 Å². The van der Waals surface area contributed by atoms with E-state index in [2.05, 4.69) is 20.9 Å². The summed E-state index contributed by atoms with van der Waals surface area (Å²) in [4.78, 5) is 51.4. The van der Waals surface area contributed by atoms with Gasteiger partial charge in [0.25, 0.3) is 11.8 Å². The van der Waals surface area contributed by atoms with Crippen LogP contribution in [0.15, 0.2) is 77.0 Å². The molecule has 2 N–H and O–H groups in total. The fourth-order valence-electron chi connectivity index (χ4n) is 4.61. The summed E-state index contributed by atoms with van der Waals surface area (Å²) in [5.41, 5.74) is 3.16. The standard InChI is InChI=1S/C30H28ClN5O5/c1-2-19(31)17-41-22-12-10-21(11-13-22)35-34-20-8-6-18(7-9-20)28(38)32-25-5-3-4-23-24(25)16-36(30(23)40)26-14-15-27(37)33-29(26)39/h3-13,19,26H,2,14-17H2,1H3,(H,32,38)(H,33,37,39). The number of nitrogens with zero attached hydrogens (tertiary/aromatic N) is 3. The highest BCUT2D eigenvalue weighted by molar-refractivity contribution is 6.20. The summed E-state index contributed by atoms with van der Waals surface area (Å²) in [6, 6.07) is 18.2. The first-order valence-electron chi connectivity index (χ1n) is 13.3. The number of hydrogen-bond donors (Lipinski definition) is 2. The van der Waals surface area contributed by atoms with Gasteiger partial charge in [0, 0.05) is 35.3 Å². The molecule has 0 radical (unpaired) electrons. The molecule has 11 heteroatoms. The molecule has 2 unspecified atom stereocenters. The first kappa shape index (κ1) is 28.0. The van der Waals surface area contributed by atoms with Crippen molar-refractivity contribution < 1.29 is 23.9 Å². The van der Waals surface area contributed by atoms with Gasteiger partial charge in [0.2, 0.25) is 11.8 Å². The van der Waals surface area contributed by atoms with Crippen LogP contribution in [0.1, 0.15) is 52.5 Å². The minimum atomic E-state index is -0.728. The maximum Gasteiger partial charge on any atom is 0.255 e. The first-order valence-corrected chi connectivity index (χ1v) is 13.7. The number of rotatable bonds is 9. The highest BCUT2D eigenvalue weighted by Gasteiger charge is 2.40. The molecule has 3 aromatic rings. The molecule has 1 saturated heterocycles. The van der Waals surface area contributed by atoms with Crippen molar-refractivity contribution in [2.24, 2.45) is 10.2 Å². The zero-order chi connectivity index (χ0) is 28.9. The number of alkyl halides is 1. The zero-order valence-corrected chi connectivity index (χ0v) is 23.1. The van der Waals surface area contributed by atoms with Crippen molar-refractivity contribution in [2.45, 2.75) is 44.1 Å². The van der Waals surface area contributed by atoms with Crippen LogP contribution in [0.25, 0.3) is 0 Å². The van der Waals surface area contributed by atoms with Gasteiger partial charge in [0.05, 0.1) is 16.8 Å². The van der Waals surface area contributed by atoms with Crippen LogP contribution in [-0.4, -0.2) is 46.6 Å². The van der Waals surface area contributed by atoms with Crippen molar-refractivity contribution in [3.63, 3.8) is 0 Å². The Morgan fingerprint density at radius 2 is 1.73 bits per heavy atom. The summed E-state index contributed by atoms with van der Waals surface area (Å²) in [6.07, 6.45) is 1.27. The molecule has 10 nitrogen and oxygen atoms in total. The van der Waals surface area contributed by atoms with Crippen molar-refractivity contribution in [3.05, 3.63) is 83.4 Å². The Labute approximate surface area is 241 Å². The van der Waals surface area contributed by atoms with Crippen LogP contribution in [0.2, 0.25) is 0 Å². The first-order chi connectivity index (χ1) is 19.8. The number of fused-ring (bicyclic) bond motifs is 1. The predicted octanol–water partition coefficient (Wildman–Crippen LogP) is 5.51. The van der Waals surface area contributed by atoms with Crippen molar-refractivity contribution >= 4 is 52.3 Å². The van der Waals surface area contributed by atoms with Gasteiger partial charge in [0.1, 0.15) is 18.4 Å².